The van der Waals surface area contributed by atoms with Crippen molar-refractivity contribution in [2.45, 2.75) is 13.5 Å². The molecule has 0 saturated carbocycles. The summed E-state index contributed by atoms with van der Waals surface area (Å²) >= 11 is 1.39. The van der Waals surface area contributed by atoms with Crippen LogP contribution in [0.25, 0.3) is 15.8 Å². The van der Waals surface area contributed by atoms with E-state index >= 15 is 0 Å². The van der Waals surface area contributed by atoms with Crippen molar-refractivity contribution in [3.63, 3.8) is 0 Å². The number of amides is 1. The van der Waals surface area contributed by atoms with E-state index in [9.17, 15) is 9.18 Å². The van der Waals surface area contributed by atoms with Gasteiger partial charge in [-0.1, -0.05) is 36.1 Å². The van der Waals surface area contributed by atoms with Crippen LogP contribution < -0.4 is 11.1 Å². The number of nitrogens with two attached hydrogens (primary N) is 1. The third kappa shape index (κ3) is 5.73. The molecule has 0 saturated heterocycles. The van der Waals surface area contributed by atoms with Crippen molar-refractivity contribution in [1.82, 2.24) is 4.98 Å². The maximum atomic E-state index is 13.1. The molecule has 3 aromatic rings. The molecule has 0 bridgehead atoms. The highest BCUT2D eigenvalue weighted by Gasteiger charge is 2.06. The van der Waals surface area contributed by atoms with Crippen LogP contribution in [-0.4, -0.2) is 16.9 Å². The lowest BCUT2D eigenvalue weighted by Crippen LogP contribution is -2.15. The normalized spacial score (nSPS) is 11.7. The lowest BCUT2D eigenvalue weighted by molar-refractivity contribution is -0.114. The summed E-state index contributed by atoms with van der Waals surface area (Å²) in [6, 6.07) is 11.7. The lowest BCUT2D eigenvalue weighted by Gasteiger charge is -2.04. The van der Waals surface area contributed by atoms with Gasteiger partial charge < -0.3 is 15.8 Å². The molecule has 0 fully saturated rings. The molecule has 1 heterocycles. The van der Waals surface area contributed by atoms with Crippen LogP contribution in [0.4, 0.5) is 9.52 Å². The number of carbonyl (C=O) groups excluding carboxylic acids is 1. The number of hydrogen-bond donors (Lipinski definition) is 2. The molecule has 0 aliphatic rings. The number of allylic oxidation sites excluding steroid dienone is 2. The van der Waals surface area contributed by atoms with Crippen LogP contribution in [-0.2, 0) is 16.1 Å². The molecule has 3 N–H and O–H groups in total. The number of carbonyl (C=O) groups is 1. The molecule has 0 unspecified atom stereocenters. The molecule has 0 spiro atoms. The Kier molecular flexibility index (Phi) is 6.36. The van der Waals surface area contributed by atoms with Gasteiger partial charge in [0, 0.05) is 13.1 Å². The number of nitrogens with zero attached hydrogens (tertiary/aromatic N) is 2. The number of aromatic nitrogens is 1. The zero-order chi connectivity index (χ0) is 20.8. The molecule has 0 radical (unpaired) electrons. The second kappa shape index (κ2) is 9.11. The molecule has 3 rings (SSSR count). The third-order valence-corrected chi connectivity index (χ3v) is 4.73. The molecule has 148 valence electrons. The van der Waals surface area contributed by atoms with E-state index in [-0.39, 0.29) is 24.4 Å². The molecule has 6 nitrogen and oxygen atoms in total. The molecular weight excluding hydrogens is 391 g/mol. The van der Waals surface area contributed by atoms with Crippen molar-refractivity contribution in [2.24, 2.45) is 10.7 Å². The summed E-state index contributed by atoms with van der Waals surface area (Å²) in [6.45, 7) is 5.59. The molecule has 0 atom stereocenters. The number of amidine groups is 1. The van der Waals surface area contributed by atoms with E-state index in [0.29, 0.717) is 10.7 Å². The summed E-state index contributed by atoms with van der Waals surface area (Å²) in [4.78, 5) is 19.5. The molecule has 1 amide bonds. The first-order chi connectivity index (χ1) is 13.9. The van der Waals surface area contributed by atoms with Gasteiger partial charge >= 0.3 is 0 Å². The molecular formula is C21H19FN4O2S. The minimum atomic E-state index is -0.333. The van der Waals surface area contributed by atoms with Crippen LogP contribution in [0.15, 0.2) is 66.3 Å². The Morgan fingerprint density at radius 2 is 2.21 bits per heavy atom. The predicted octanol–water partition coefficient (Wildman–Crippen LogP) is 4.45. The number of nitrogens with one attached hydrogen (secondary N) is 1. The smallest absolute Gasteiger partial charge is 0.286 e. The number of thiazole rings is 1. The molecule has 29 heavy (non-hydrogen) atoms. The maximum Gasteiger partial charge on any atom is 0.286 e. The van der Waals surface area contributed by atoms with Gasteiger partial charge in [0.1, 0.15) is 12.4 Å². The van der Waals surface area contributed by atoms with E-state index < -0.39 is 0 Å². The quantitative estimate of drug-likeness (QED) is 0.357. The minimum Gasteiger partial charge on any atom is -0.460 e. The average molecular weight is 410 g/mol. The SMILES string of the molecule is C=C(/C=C\N=C(N)OCc1cccc(F)c1)c1ccc2nc(NC(C)=O)sc2c1. The van der Waals surface area contributed by atoms with Gasteiger partial charge in [0.15, 0.2) is 5.13 Å². The Labute approximate surface area is 171 Å². The number of rotatable bonds is 6. The number of fused-ring (bicyclic) bond motifs is 1. The molecule has 0 aliphatic heterocycles. The fourth-order valence-corrected chi connectivity index (χ4v) is 3.40. The zero-order valence-corrected chi connectivity index (χ0v) is 16.5. The summed E-state index contributed by atoms with van der Waals surface area (Å²) in [5, 5.41) is 3.24. The van der Waals surface area contributed by atoms with Crippen molar-refractivity contribution in [2.75, 3.05) is 5.32 Å². The Morgan fingerprint density at radius 1 is 1.38 bits per heavy atom. The van der Waals surface area contributed by atoms with Gasteiger partial charge in [-0.05, 0) is 47.0 Å². The van der Waals surface area contributed by atoms with E-state index in [1.165, 1.54) is 36.6 Å². The van der Waals surface area contributed by atoms with Crippen LogP contribution in [0.3, 0.4) is 0 Å². The Balaban J connectivity index is 1.61. The monoisotopic (exact) mass is 410 g/mol. The zero-order valence-electron chi connectivity index (χ0n) is 15.7. The van der Waals surface area contributed by atoms with Crippen LogP contribution in [0.2, 0.25) is 0 Å². The topological polar surface area (TPSA) is 89.6 Å². The van der Waals surface area contributed by atoms with Gasteiger partial charge in [-0.2, -0.15) is 0 Å². The average Bonchev–Trinajstić information content (AvgIpc) is 3.07. The number of anilines is 1. The van der Waals surface area contributed by atoms with Gasteiger partial charge in [-0.25, -0.2) is 14.4 Å². The van der Waals surface area contributed by atoms with Crippen LogP contribution in [0.5, 0.6) is 0 Å². The largest absolute Gasteiger partial charge is 0.460 e. The van der Waals surface area contributed by atoms with E-state index in [1.807, 2.05) is 18.2 Å². The van der Waals surface area contributed by atoms with Gasteiger partial charge in [0.2, 0.25) is 5.91 Å². The minimum absolute atomic E-state index is 0.0313. The molecule has 8 heteroatoms. The fourth-order valence-electron chi connectivity index (χ4n) is 2.45. The number of hydrogen-bond acceptors (Lipinski definition) is 5. The molecule has 2 aromatic carbocycles. The van der Waals surface area contributed by atoms with Gasteiger partial charge in [0.25, 0.3) is 6.02 Å². The highest BCUT2D eigenvalue weighted by atomic mass is 32.1. The number of aliphatic imine (C=N–C) groups is 1. The Hall–Kier alpha value is -3.52. The van der Waals surface area contributed by atoms with E-state index in [1.54, 1.807) is 18.2 Å². The first kappa shape index (κ1) is 20.2. The molecule has 1 aromatic heterocycles. The van der Waals surface area contributed by atoms with Crippen LogP contribution in [0, 0.1) is 5.82 Å². The summed E-state index contributed by atoms with van der Waals surface area (Å²) in [5.74, 6) is -0.494. The standard InChI is InChI=1S/C21H19FN4O2S/c1-13(8-9-24-20(23)28-12-15-4-3-5-17(22)10-15)16-6-7-18-19(11-16)29-21(26-18)25-14(2)27/h3-11H,1,12H2,2H3,(H2,23,24)(H,25,26,27)/b9-8-. The Bertz CT molecular complexity index is 1120. The number of ether oxygens (including phenoxy) is 1. The number of benzene rings is 2. The van der Waals surface area contributed by atoms with E-state index in [4.69, 9.17) is 10.5 Å². The maximum absolute atomic E-state index is 13.1. The first-order valence-corrected chi connectivity index (χ1v) is 9.47. The second-order valence-corrected chi connectivity index (χ2v) is 7.14. The number of halogens is 1. The van der Waals surface area contributed by atoms with Gasteiger partial charge in [0.05, 0.1) is 10.2 Å². The first-order valence-electron chi connectivity index (χ1n) is 8.65. The summed E-state index contributed by atoms with van der Waals surface area (Å²) in [6.07, 6.45) is 3.19. The van der Waals surface area contributed by atoms with Crippen LogP contribution in [0.1, 0.15) is 18.1 Å². The second-order valence-electron chi connectivity index (χ2n) is 6.11. The lowest BCUT2D eigenvalue weighted by atomic mass is 10.1. The predicted molar refractivity (Wildman–Crippen MR) is 115 cm³/mol. The third-order valence-electron chi connectivity index (χ3n) is 3.80. The highest BCUT2D eigenvalue weighted by molar-refractivity contribution is 7.22. The van der Waals surface area contributed by atoms with Gasteiger partial charge in [-0.15, -0.1) is 0 Å². The van der Waals surface area contributed by atoms with Crippen LogP contribution >= 0.6 is 11.3 Å². The summed E-state index contributed by atoms with van der Waals surface area (Å²) in [5.41, 5.74) is 8.79. The summed E-state index contributed by atoms with van der Waals surface area (Å²) < 4.78 is 19.4. The van der Waals surface area contributed by atoms with Crippen molar-refractivity contribution >= 4 is 44.2 Å². The van der Waals surface area contributed by atoms with Crippen molar-refractivity contribution < 1.29 is 13.9 Å². The van der Waals surface area contributed by atoms with E-state index in [0.717, 1.165) is 21.4 Å². The van der Waals surface area contributed by atoms with Crippen molar-refractivity contribution in [1.29, 1.82) is 0 Å². The van der Waals surface area contributed by atoms with Crippen molar-refractivity contribution in [3.8, 4) is 0 Å². The summed E-state index contributed by atoms with van der Waals surface area (Å²) in [7, 11) is 0. The Morgan fingerprint density at radius 3 is 2.97 bits per heavy atom. The van der Waals surface area contributed by atoms with Crippen molar-refractivity contribution in [3.05, 3.63) is 78.3 Å². The highest BCUT2D eigenvalue weighted by Crippen LogP contribution is 2.28. The van der Waals surface area contributed by atoms with E-state index in [2.05, 4.69) is 21.9 Å². The van der Waals surface area contributed by atoms with Gasteiger partial charge in [-0.3, -0.25) is 4.79 Å². The fraction of sp³-hybridized carbons (Fsp3) is 0.0952. The molecule has 0 aliphatic carbocycles.